The van der Waals surface area contributed by atoms with Crippen molar-refractivity contribution < 1.29 is 18.0 Å². The second-order valence-electron chi connectivity index (χ2n) is 5.42. The van der Waals surface area contributed by atoms with Crippen molar-refractivity contribution in [1.29, 1.82) is 0 Å². The zero-order chi connectivity index (χ0) is 18.1. The van der Waals surface area contributed by atoms with E-state index < -0.39 is 35.1 Å². The molecule has 3 aromatic rings. The topological polar surface area (TPSA) is 89.8 Å². The number of carbonyl (C=O) groups is 1. The number of rotatable bonds is 4. The van der Waals surface area contributed by atoms with Gasteiger partial charge in [-0.05, 0) is 37.3 Å². The summed E-state index contributed by atoms with van der Waals surface area (Å²) in [5.74, 6) is -5.10. The molecule has 3 rings (SSSR count). The molecule has 1 heterocycles. The van der Waals surface area contributed by atoms with Crippen LogP contribution in [-0.4, -0.2) is 21.9 Å². The maximum Gasteiger partial charge on any atom is 0.323 e. The number of amides is 1. The fourth-order valence-corrected chi connectivity index (χ4v) is 2.30. The maximum atomic E-state index is 13.6. The molecular weight excluding hydrogens is 337 g/mol. The van der Waals surface area contributed by atoms with Crippen molar-refractivity contribution in [2.75, 3.05) is 10.6 Å². The number of nitrogens with one attached hydrogen (secondary N) is 4. The second-order valence-corrected chi connectivity index (χ2v) is 5.42. The standard InChI is InChI=1S/C16H13F3N4O2/c1-7(15(24)21-11-5-3-9(17)13(18)14(11)19)20-8-2-4-10-12(6-8)23-16(25)22-10/h2-7,20H,1H3,(H,21,24)(H2,22,23,25). The summed E-state index contributed by atoms with van der Waals surface area (Å²) in [6.45, 7) is 1.51. The number of H-pyrrole nitrogens is 2. The first-order valence-corrected chi connectivity index (χ1v) is 7.28. The molecule has 1 unspecified atom stereocenters. The molecule has 4 N–H and O–H groups in total. The van der Waals surface area contributed by atoms with E-state index in [2.05, 4.69) is 20.6 Å². The molecule has 0 saturated carbocycles. The molecule has 0 aliphatic carbocycles. The molecule has 1 aromatic heterocycles. The van der Waals surface area contributed by atoms with Crippen molar-refractivity contribution >= 4 is 28.3 Å². The quantitative estimate of drug-likeness (QED) is 0.546. The molecule has 1 atom stereocenters. The lowest BCUT2D eigenvalue weighted by molar-refractivity contribution is -0.116. The number of fused-ring (bicyclic) bond motifs is 1. The maximum absolute atomic E-state index is 13.6. The van der Waals surface area contributed by atoms with E-state index in [9.17, 15) is 22.8 Å². The number of carbonyl (C=O) groups excluding carboxylic acids is 1. The van der Waals surface area contributed by atoms with Crippen molar-refractivity contribution in [3.8, 4) is 0 Å². The number of hydrogen-bond acceptors (Lipinski definition) is 3. The van der Waals surface area contributed by atoms with E-state index in [4.69, 9.17) is 0 Å². The molecule has 25 heavy (non-hydrogen) atoms. The van der Waals surface area contributed by atoms with Crippen LogP contribution in [-0.2, 0) is 4.79 Å². The van der Waals surface area contributed by atoms with Crippen molar-refractivity contribution in [3.63, 3.8) is 0 Å². The number of anilines is 2. The first-order valence-electron chi connectivity index (χ1n) is 7.28. The second kappa shape index (κ2) is 6.34. The van der Waals surface area contributed by atoms with Gasteiger partial charge in [-0.2, -0.15) is 0 Å². The van der Waals surface area contributed by atoms with Gasteiger partial charge in [0.05, 0.1) is 16.7 Å². The van der Waals surface area contributed by atoms with Crippen LogP contribution in [0.15, 0.2) is 35.1 Å². The van der Waals surface area contributed by atoms with Crippen molar-refractivity contribution in [3.05, 3.63) is 58.3 Å². The average Bonchev–Trinajstić information content (AvgIpc) is 2.94. The Morgan fingerprint density at radius 1 is 1.04 bits per heavy atom. The van der Waals surface area contributed by atoms with Crippen LogP contribution in [0.3, 0.4) is 0 Å². The van der Waals surface area contributed by atoms with E-state index >= 15 is 0 Å². The van der Waals surface area contributed by atoms with E-state index in [0.29, 0.717) is 16.7 Å². The monoisotopic (exact) mass is 350 g/mol. The molecule has 0 bridgehead atoms. The smallest absolute Gasteiger partial charge is 0.323 e. The lowest BCUT2D eigenvalue weighted by Crippen LogP contribution is -2.32. The molecule has 1 amide bonds. The number of aromatic nitrogens is 2. The third-order valence-corrected chi connectivity index (χ3v) is 3.59. The van der Waals surface area contributed by atoms with Gasteiger partial charge in [0.15, 0.2) is 17.5 Å². The molecule has 2 aromatic carbocycles. The largest absolute Gasteiger partial charge is 0.374 e. The molecule has 0 aliphatic heterocycles. The molecule has 130 valence electrons. The average molecular weight is 350 g/mol. The van der Waals surface area contributed by atoms with Gasteiger partial charge in [0.25, 0.3) is 0 Å². The Morgan fingerprint density at radius 2 is 1.76 bits per heavy atom. The van der Waals surface area contributed by atoms with E-state index in [1.807, 2.05) is 0 Å². The van der Waals surface area contributed by atoms with Gasteiger partial charge in [-0.3, -0.25) is 4.79 Å². The fraction of sp³-hybridized carbons (Fsp3) is 0.125. The van der Waals surface area contributed by atoms with Gasteiger partial charge in [0, 0.05) is 5.69 Å². The normalized spacial score (nSPS) is 12.2. The lowest BCUT2D eigenvalue weighted by Gasteiger charge is -2.16. The van der Waals surface area contributed by atoms with E-state index in [-0.39, 0.29) is 5.69 Å². The third-order valence-electron chi connectivity index (χ3n) is 3.59. The Labute approximate surface area is 139 Å². The van der Waals surface area contributed by atoms with Gasteiger partial charge >= 0.3 is 5.69 Å². The highest BCUT2D eigenvalue weighted by molar-refractivity contribution is 5.96. The van der Waals surface area contributed by atoms with Crippen LogP contribution in [0.4, 0.5) is 24.5 Å². The SMILES string of the molecule is CC(Nc1ccc2[nH]c(=O)[nH]c2c1)C(=O)Nc1ccc(F)c(F)c1F. The Balaban J connectivity index is 1.73. The summed E-state index contributed by atoms with van der Waals surface area (Å²) >= 11 is 0. The van der Waals surface area contributed by atoms with Crippen LogP contribution in [0.5, 0.6) is 0 Å². The number of benzene rings is 2. The minimum atomic E-state index is -1.65. The highest BCUT2D eigenvalue weighted by Gasteiger charge is 2.18. The predicted octanol–water partition coefficient (Wildman–Crippen LogP) is 2.71. The van der Waals surface area contributed by atoms with Crippen LogP contribution < -0.4 is 16.3 Å². The Morgan fingerprint density at radius 3 is 2.52 bits per heavy atom. The highest BCUT2D eigenvalue weighted by Crippen LogP contribution is 2.20. The molecule has 0 fully saturated rings. The molecule has 0 saturated heterocycles. The van der Waals surface area contributed by atoms with Gasteiger partial charge in [-0.25, -0.2) is 18.0 Å². The summed E-state index contributed by atoms with van der Waals surface area (Å²) in [5, 5.41) is 5.06. The van der Waals surface area contributed by atoms with Crippen molar-refractivity contribution in [2.45, 2.75) is 13.0 Å². The van der Waals surface area contributed by atoms with E-state index in [0.717, 1.165) is 12.1 Å². The fourth-order valence-electron chi connectivity index (χ4n) is 2.30. The number of hydrogen-bond donors (Lipinski definition) is 4. The minimum absolute atomic E-state index is 0.355. The molecule has 0 aliphatic rings. The summed E-state index contributed by atoms with van der Waals surface area (Å²) in [6.07, 6.45) is 0. The summed E-state index contributed by atoms with van der Waals surface area (Å²) in [6, 6.07) is 5.77. The zero-order valence-electron chi connectivity index (χ0n) is 12.9. The summed E-state index contributed by atoms with van der Waals surface area (Å²) in [4.78, 5) is 28.5. The first-order chi connectivity index (χ1) is 11.8. The molecule has 0 radical (unpaired) electrons. The number of imidazole rings is 1. The lowest BCUT2D eigenvalue weighted by atomic mass is 10.2. The molecule has 0 spiro atoms. The number of halogens is 3. The van der Waals surface area contributed by atoms with Crippen LogP contribution >= 0.6 is 0 Å². The summed E-state index contributed by atoms with van der Waals surface area (Å²) < 4.78 is 39.7. The van der Waals surface area contributed by atoms with Gasteiger partial charge in [-0.1, -0.05) is 0 Å². The summed E-state index contributed by atoms with van der Waals surface area (Å²) in [5.41, 5.74) is 0.886. The van der Waals surface area contributed by atoms with Crippen molar-refractivity contribution in [2.24, 2.45) is 0 Å². The molecule has 6 nitrogen and oxygen atoms in total. The van der Waals surface area contributed by atoms with Gasteiger partial charge in [0.2, 0.25) is 5.91 Å². The molecular formula is C16H13F3N4O2. The van der Waals surface area contributed by atoms with Gasteiger partial charge in [0.1, 0.15) is 6.04 Å². The van der Waals surface area contributed by atoms with Crippen LogP contribution in [0.2, 0.25) is 0 Å². The Bertz CT molecular complexity index is 1010. The van der Waals surface area contributed by atoms with Gasteiger partial charge in [-0.15, -0.1) is 0 Å². The minimum Gasteiger partial charge on any atom is -0.374 e. The third kappa shape index (κ3) is 3.35. The van der Waals surface area contributed by atoms with Gasteiger partial charge < -0.3 is 20.6 Å². The van der Waals surface area contributed by atoms with Crippen molar-refractivity contribution in [1.82, 2.24) is 9.97 Å². The van der Waals surface area contributed by atoms with E-state index in [1.54, 1.807) is 18.2 Å². The highest BCUT2D eigenvalue weighted by atomic mass is 19.2. The predicted molar refractivity (Wildman–Crippen MR) is 86.9 cm³/mol. The number of aromatic amines is 2. The van der Waals surface area contributed by atoms with E-state index in [1.165, 1.54) is 6.92 Å². The Kier molecular flexibility index (Phi) is 4.22. The summed E-state index contributed by atoms with van der Waals surface area (Å²) in [7, 11) is 0. The van der Waals surface area contributed by atoms with Crippen LogP contribution in [0, 0.1) is 17.5 Å². The molecule has 9 heteroatoms. The Hall–Kier alpha value is -3.23. The van der Waals surface area contributed by atoms with Crippen LogP contribution in [0.1, 0.15) is 6.92 Å². The first kappa shape index (κ1) is 16.6. The van der Waals surface area contributed by atoms with Crippen LogP contribution in [0.25, 0.3) is 11.0 Å². The zero-order valence-corrected chi connectivity index (χ0v) is 12.9.